The minimum atomic E-state index is -0.156. The fourth-order valence-corrected chi connectivity index (χ4v) is 9.04. The van der Waals surface area contributed by atoms with Crippen LogP contribution in [-0.4, -0.2) is 74.7 Å². The van der Waals surface area contributed by atoms with E-state index in [1.54, 1.807) is 29.2 Å². The van der Waals surface area contributed by atoms with Gasteiger partial charge in [0.1, 0.15) is 5.75 Å². The molecule has 280 valence electrons. The number of phenolic OH excluding ortho intramolecular Hbond substituents is 1. The number of hydrogen-bond acceptors (Lipinski definition) is 5. The molecule has 10 heteroatoms. The Bertz CT molecular complexity index is 2410. The lowest BCUT2D eigenvalue weighted by Crippen LogP contribution is -2.52. The molecule has 0 radical (unpaired) electrons. The van der Waals surface area contributed by atoms with Crippen LogP contribution in [0.15, 0.2) is 103 Å². The normalized spacial score (nSPS) is 17.2. The summed E-state index contributed by atoms with van der Waals surface area (Å²) in [6.07, 6.45) is 5.40. The van der Waals surface area contributed by atoms with Crippen LogP contribution in [0.2, 0.25) is 5.02 Å². The number of phenols is 1. The second-order valence-corrected chi connectivity index (χ2v) is 15.4. The molecule has 6 aromatic rings. The summed E-state index contributed by atoms with van der Waals surface area (Å²) in [7, 11) is 2.01. The van der Waals surface area contributed by atoms with Crippen molar-refractivity contribution in [3.63, 3.8) is 0 Å². The molecular formula is C45H44ClN5O4. The number of amides is 2. The highest BCUT2D eigenvalue weighted by atomic mass is 35.5. The van der Waals surface area contributed by atoms with Gasteiger partial charge in [-0.15, -0.1) is 0 Å². The highest BCUT2D eigenvalue weighted by molar-refractivity contribution is 6.31. The first kappa shape index (κ1) is 35.4. The van der Waals surface area contributed by atoms with E-state index < -0.39 is 0 Å². The molecule has 1 saturated heterocycles. The van der Waals surface area contributed by atoms with Gasteiger partial charge in [0.2, 0.25) is 0 Å². The Morgan fingerprint density at radius 2 is 1.67 bits per heavy atom. The molecule has 1 atom stereocenters. The van der Waals surface area contributed by atoms with Crippen molar-refractivity contribution in [1.82, 2.24) is 18.9 Å². The first-order chi connectivity index (χ1) is 26.8. The van der Waals surface area contributed by atoms with Gasteiger partial charge in [0.15, 0.2) is 0 Å². The van der Waals surface area contributed by atoms with Crippen molar-refractivity contribution < 1.29 is 19.4 Å². The molecule has 9 nitrogen and oxygen atoms in total. The molecule has 2 amide bonds. The minimum Gasteiger partial charge on any atom is -0.508 e. The van der Waals surface area contributed by atoms with Gasteiger partial charge >= 0.3 is 0 Å². The van der Waals surface area contributed by atoms with Gasteiger partial charge in [0, 0.05) is 102 Å². The Morgan fingerprint density at radius 3 is 2.51 bits per heavy atom. The van der Waals surface area contributed by atoms with Crippen LogP contribution < -0.4 is 4.90 Å². The summed E-state index contributed by atoms with van der Waals surface area (Å²) in [6, 6.07) is 30.6. The summed E-state index contributed by atoms with van der Waals surface area (Å²) in [5.41, 5.74) is 8.56. The molecule has 0 aliphatic carbocycles. The van der Waals surface area contributed by atoms with Gasteiger partial charge in [-0.2, -0.15) is 0 Å². The van der Waals surface area contributed by atoms with E-state index in [4.69, 9.17) is 16.3 Å². The summed E-state index contributed by atoms with van der Waals surface area (Å²) in [5, 5.41) is 11.9. The van der Waals surface area contributed by atoms with Crippen molar-refractivity contribution >= 4 is 45.7 Å². The van der Waals surface area contributed by atoms with E-state index in [-0.39, 0.29) is 23.6 Å². The fraction of sp³-hybridized carbons (Fsp3) is 0.289. The maximum absolute atomic E-state index is 15.1. The van der Waals surface area contributed by atoms with Crippen LogP contribution in [0.4, 0.5) is 11.4 Å². The summed E-state index contributed by atoms with van der Waals surface area (Å²) >= 11 is 6.75. The smallest absolute Gasteiger partial charge is 0.264 e. The molecule has 55 heavy (non-hydrogen) atoms. The Kier molecular flexibility index (Phi) is 9.46. The van der Waals surface area contributed by atoms with Gasteiger partial charge in [-0.1, -0.05) is 41.9 Å². The van der Waals surface area contributed by atoms with Crippen LogP contribution in [0.25, 0.3) is 22.2 Å². The quantitative estimate of drug-likeness (QED) is 0.178. The third-order valence-electron chi connectivity index (χ3n) is 11.6. The molecule has 3 aliphatic heterocycles. The second-order valence-electron chi connectivity index (χ2n) is 15.0. The Balaban J connectivity index is 1.12. The number of aromatic hydroxyl groups is 1. The average Bonchev–Trinajstić information content (AvgIpc) is 3.79. The summed E-state index contributed by atoms with van der Waals surface area (Å²) in [5.74, 6) is -0.0516. The zero-order valence-electron chi connectivity index (χ0n) is 31.0. The number of carbonyl (C=O) groups excluding carboxylic acids is 2. The topological polar surface area (TPSA) is 83.2 Å². The monoisotopic (exact) mass is 753 g/mol. The van der Waals surface area contributed by atoms with E-state index in [9.17, 15) is 5.11 Å². The first-order valence-electron chi connectivity index (χ1n) is 19.2. The molecule has 1 N–H and O–H groups in total. The third-order valence-corrected chi connectivity index (χ3v) is 12.0. The second kappa shape index (κ2) is 14.7. The van der Waals surface area contributed by atoms with Crippen molar-refractivity contribution in [2.75, 3.05) is 37.7 Å². The van der Waals surface area contributed by atoms with Gasteiger partial charge in [0.05, 0.1) is 18.8 Å². The molecule has 3 aliphatic rings. The van der Waals surface area contributed by atoms with Gasteiger partial charge in [0.25, 0.3) is 11.8 Å². The van der Waals surface area contributed by atoms with Crippen LogP contribution in [0.5, 0.6) is 5.75 Å². The van der Waals surface area contributed by atoms with E-state index in [1.165, 1.54) is 0 Å². The minimum absolute atomic E-state index is 0.0272. The predicted molar refractivity (Wildman–Crippen MR) is 216 cm³/mol. The van der Waals surface area contributed by atoms with Gasteiger partial charge in [-0.25, -0.2) is 0 Å². The molecule has 4 aromatic carbocycles. The number of ether oxygens (including phenoxy) is 1. The molecule has 0 unspecified atom stereocenters. The molecule has 2 aromatic heterocycles. The standard InChI is InChI=1S/C45H44ClN5O4/c1-47-20-18-30-25-33(14-17-41(30)47)51(32-12-15-35(52)16-13-32)45(54)39-27-43(49-19-5-4-11-42(39)49)36-8-2-3-9-37(36)44(53)50-28-31-7-6-10-40(46)38(31)26-34(50)29-48-21-23-55-24-22-48/h2-3,6-10,12-18,20,25,27,34,52H,4-5,11,19,21-24,26,28-29H2,1H3/t34-/m0/s1. The van der Waals surface area contributed by atoms with Crippen LogP contribution >= 0.6 is 11.6 Å². The number of anilines is 2. The largest absolute Gasteiger partial charge is 0.508 e. The lowest BCUT2D eigenvalue weighted by molar-refractivity contribution is 0.0193. The van der Waals surface area contributed by atoms with E-state index >= 15 is 9.59 Å². The lowest BCUT2D eigenvalue weighted by atomic mass is 9.92. The number of aryl methyl sites for hydroxylation is 1. The maximum Gasteiger partial charge on any atom is 0.264 e. The van der Waals surface area contributed by atoms with Crippen molar-refractivity contribution in [2.45, 2.75) is 44.8 Å². The molecule has 0 spiro atoms. The third kappa shape index (κ3) is 6.60. The Hall–Kier alpha value is -5.35. The van der Waals surface area contributed by atoms with E-state index in [2.05, 4.69) is 20.1 Å². The highest BCUT2D eigenvalue weighted by Crippen LogP contribution is 2.38. The van der Waals surface area contributed by atoms with Crippen LogP contribution in [0.3, 0.4) is 0 Å². The van der Waals surface area contributed by atoms with E-state index in [0.717, 1.165) is 95.1 Å². The van der Waals surface area contributed by atoms with Gasteiger partial charge in [-0.05, 0) is 104 Å². The molecule has 0 bridgehead atoms. The SMILES string of the molecule is Cn1ccc2cc(N(C(=O)c3cc(-c4ccccc4C(=O)N4Cc5cccc(Cl)c5C[C@H]4CN4CCOCC4)n4c3CCCC4)c3ccc(O)cc3)ccc21. The molecule has 1 fully saturated rings. The van der Waals surface area contributed by atoms with Gasteiger partial charge < -0.3 is 23.9 Å². The number of aromatic nitrogens is 2. The summed E-state index contributed by atoms with van der Waals surface area (Å²) in [4.78, 5) is 36.2. The molecule has 0 saturated carbocycles. The fourth-order valence-electron chi connectivity index (χ4n) is 8.77. The molecule has 9 rings (SSSR count). The average molecular weight is 754 g/mol. The summed E-state index contributed by atoms with van der Waals surface area (Å²) in [6.45, 7) is 5.00. The Morgan fingerprint density at radius 1 is 0.873 bits per heavy atom. The highest BCUT2D eigenvalue weighted by Gasteiger charge is 2.35. The van der Waals surface area contributed by atoms with Crippen molar-refractivity contribution in [2.24, 2.45) is 7.05 Å². The number of halogens is 1. The number of fused-ring (bicyclic) bond motifs is 3. The Labute approximate surface area is 325 Å². The van der Waals surface area contributed by atoms with Crippen LogP contribution in [0.1, 0.15) is 50.4 Å². The van der Waals surface area contributed by atoms with Crippen molar-refractivity contribution in [3.05, 3.63) is 136 Å². The zero-order chi connectivity index (χ0) is 37.6. The lowest BCUT2D eigenvalue weighted by Gasteiger charge is -2.41. The van der Waals surface area contributed by atoms with Crippen molar-refractivity contribution in [1.29, 1.82) is 0 Å². The molecule has 5 heterocycles. The number of morpholine rings is 1. The first-order valence-corrected chi connectivity index (χ1v) is 19.6. The van der Waals surface area contributed by atoms with Crippen LogP contribution in [-0.2, 0) is 37.7 Å². The number of carbonyl (C=O) groups is 2. The van der Waals surface area contributed by atoms with E-state index in [0.29, 0.717) is 43.0 Å². The van der Waals surface area contributed by atoms with E-state index in [1.807, 2.05) is 84.9 Å². The predicted octanol–water partition coefficient (Wildman–Crippen LogP) is 8.22. The number of nitrogens with zero attached hydrogens (tertiary/aromatic N) is 5. The zero-order valence-corrected chi connectivity index (χ0v) is 31.7. The van der Waals surface area contributed by atoms with Gasteiger partial charge in [-0.3, -0.25) is 19.4 Å². The maximum atomic E-state index is 15.1. The number of hydrogen-bond donors (Lipinski definition) is 1. The number of rotatable bonds is 7. The van der Waals surface area contributed by atoms with Crippen LogP contribution in [0, 0.1) is 0 Å². The summed E-state index contributed by atoms with van der Waals surface area (Å²) < 4.78 is 9.96. The molecular weight excluding hydrogens is 710 g/mol. The van der Waals surface area contributed by atoms with Crippen molar-refractivity contribution in [3.8, 4) is 17.0 Å². The number of benzene rings is 4.